The number of hydrogen-bond acceptors (Lipinski definition) is 3. The smallest absolute Gasteiger partial charge is 0.335 e. The highest BCUT2D eigenvalue weighted by Crippen LogP contribution is 2.27. The van der Waals surface area contributed by atoms with Crippen LogP contribution in [0.3, 0.4) is 0 Å². The number of para-hydroxylation sites is 1. The van der Waals surface area contributed by atoms with E-state index in [-0.39, 0.29) is 10.5 Å². The lowest BCUT2D eigenvalue weighted by atomic mass is 10.0. The number of aromatic carboxylic acids is 1. The van der Waals surface area contributed by atoms with E-state index in [9.17, 15) is 18.3 Å². The molecule has 0 amide bonds. The van der Waals surface area contributed by atoms with Crippen molar-refractivity contribution in [3.05, 3.63) is 102 Å². The molecule has 0 aliphatic rings. The van der Waals surface area contributed by atoms with Crippen LogP contribution in [-0.2, 0) is 22.9 Å². The minimum atomic E-state index is -3.78. The third-order valence-electron chi connectivity index (χ3n) is 4.92. The van der Waals surface area contributed by atoms with Gasteiger partial charge in [0, 0.05) is 11.1 Å². The van der Waals surface area contributed by atoms with Gasteiger partial charge in [-0.15, -0.1) is 0 Å². The van der Waals surface area contributed by atoms with Crippen molar-refractivity contribution in [2.45, 2.75) is 17.7 Å². The molecule has 29 heavy (non-hydrogen) atoms. The Hall–Kier alpha value is -3.38. The Bertz CT molecular complexity index is 1290. The average Bonchev–Trinajstić information content (AvgIpc) is 3.12. The maximum Gasteiger partial charge on any atom is 0.335 e. The molecule has 5 nitrogen and oxygen atoms in total. The van der Waals surface area contributed by atoms with Gasteiger partial charge < -0.3 is 5.11 Å². The van der Waals surface area contributed by atoms with Gasteiger partial charge in [-0.05, 0) is 48.7 Å². The van der Waals surface area contributed by atoms with Crippen molar-refractivity contribution in [3.8, 4) is 0 Å². The Morgan fingerprint density at radius 1 is 0.828 bits per heavy atom. The zero-order valence-corrected chi connectivity index (χ0v) is 16.3. The van der Waals surface area contributed by atoms with Crippen LogP contribution in [0, 0.1) is 0 Å². The minimum absolute atomic E-state index is 0.216. The first-order chi connectivity index (χ1) is 14.0. The summed E-state index contributed by atoms with van der Waals surface area (Å²) in [6, 6.07) is 24.3. The summed E-state index contributed by atoms with van der Waals surface area (Å²) in [6.45, 7) is 0. The van der Waals surface area contributed by atoms with Crippen LogP contribution in [0.5, 0.6) is 0 Å². The molecule has 1 heterocycles. The Balaban J connectivity index is 1.80. The summed E-state index contributed by atoms with van der Waals surface area (Å²) in [4.78, 5) is 11.7. The van der Waals surface area contributed by atoms with E-state index in [2.05, 4.69) is 0 Å². The lowest BCUT2D eigenvalue weighted by Crippen LogP contribution is -2.16. The molecule has 0 atom stereocenters. The lowest BCUT2D eigenvalue weighted by molar-refractivity contribution is 0.0695. The van der Waals surface area contributed by atoms with E-state index in [1.807, 2.05) is 24.3 Å². The second-order valence-corrected chi connectivity index (χ2v) is 8.53. The normalized spacial score (nSPS) is 11.6. The molecule has 1 N–H and O–H groups in total. The third kappa shape index (κ3) is 3.54. The van der Waals surface area contributed by atoms with Crippen molar-refractivity contribution < 1.29 is 18.3 Å². The fourth-order valence-electron chi connectivity index (χ4n) is 3.55. The van der Waals surface area contributed by atoms with Gasteiger partial charge in [0.2, 0.25) is 0 Å². The fourth-order valence-corrected chi connectivity index (χ4v) is 5.14. The van der Waals surface area contributed by atoms with Gasteiger partial charge >= 0.3 is 5.97 Å². The first-order valence-corrected chi connectivity index (χ1v) is 10.6. The summed E-state index contributed by atoms with van der Waals surface area (Å²) >= 11 is 0. The number of rotatable bonds is 6. The summed E-state index contributed by atoms with van der Waals surface area (Å²) in [6.07, 6.45) is 0.814. The highest BCUT2D eigenvalue weighted by molar-refractivity contribution is 7.90. The van der Waals surface area contributed by atoms with Gasteiger partial charge in [0.05, 0.1) is 16.0 Å². The minimum Gasteiger partial charge on any atom is -0.478 e. The van der Waals surface area contributed by atoms with Crippen LogP contribution in [0.2, 0.25) is 0 Å². The van der Waals surface area contributed by atoms with E-state index in [4.69, 9.17) is 0 Å². The van der Waals surface area contributed by atoms with Gasteiger partial charge in [-0.2, -0.15) is 0 Å². The largest absolute Gasteiger partial charge is 0.478 e. The molecule has 0 fully saturated rings. The van der Waals surface area contributed by atoms with Gasteiger partial charge in [0.25, 0.3) is 10.0 Å². The molecule has 0 saturated carbocycles. The zero-order chi connectivity index (χ0) is 20.4. The number of hydrogen-bond donors (Lipinski definition) is 1. The number of benzene rings is 3. The second kappa shape index (κ2) is 7.56. The first-order valence-electron chi connectivity index (χ1n) is 9.19. The number of carboxylic acids is 1. The Labute approximate surface area is 168 Å². The number of fused-ring (bicyclic) bond motifs is 1. The topological polar surface area (TPSA) is 76.4 Å². The van der Waals surface area contributed by atoms with Crippen LogP contribution < -0.4 is 0 Å². The molecule has 1 aromatic heterocycles. The van der Waals surface area contributed by atoms with Gasteiger partial charge in [0.1, 0.15) is 0 Å². The number of aromatic nitrogens is 1. The maximum atomic E-state index is 13.4. The SMILES string of the molecule is O=C(O)c1ccccc1CCc1cc2ccccc2n1S(=O)(=O)c1ccccc1. The number of aryl methyl sites for hydroxylation is 2. The Morgan fingerprint density at radius 2 is 1.48 bits per heavy atom. The summed E-state index contributed by atoms with van der Waals surface area (Å²) in [5, 5.41) is 10.2. The molecule has 0 bridgehead atoms. The molecular weight excluding hydrogens is 386 g/mol. The quantitative estimate of drug-likeness (QED) is 0.517. The van der Waals surface area contributed by atoms with E-state index in [0.29, 0.717) is 29.6 Å². The predicted molar refractivity (Wildman–Crippen MR) is 112 cm³/mol. The van der Waals surface area contributed by atoms with Gasteiger partial charge in [-0.25, -0.2) is 17.2 Å². The number of carbonyl (C=O) groups is 1. The van der Waals surface area contributed by atoms with Crippen molar-refractivity contribution in [2.24, 2.45) is 0 Å². The zero-order valence-electron chi connectivity index (χ0n) is 15.5. The highest BCUT2D eigenvalue weighted by atomic mass is 32.2. The molecular formula is C23H19NO4S. The van der Waals surface area contributed by atoms with E-state index in [0.717, 1.165) is 5.39 Å². The Morgan fingerprint density at radius 3 is 2.24 bits per heavy atom. The molecule has 4 rings (SSSR count). The van der Waals surface area contributed by atoms with Gasteiger partial charge in [-0.1, -0.05) is 54.6 Å². The standard InChI is InChI=1S/C23H19NO4S/c25-23(26)21-12-6-4-8-17(21)14-15-19-16-18-9-5-7-13-22(18)24(19)29(27,28)20-10-2-1-3-11-20/h1-13,16H,14-15H2,(H,25,26). The molecule has 4 aromatic rings. The van der Waals surface area contributed by atoms with Crippen molar-refractivity contribution >= 4 is 26.9 Å². The van der Waals surface area contributed by atoms with Crippen LogP contribution in [0.25, 0.3) is 10.9 Å². The fraction of sp³-hybridized carbons (Fsp3) is 0.0870. The molecule has 0 saturated heterocycles. The van der Waals surface area contributed by atoms with E-state index in [1.165, 1.54) is 3.97 Å². The Kier molecular flexibility index (Phi) is 4.94. The van der Waals surface area contributed by atoms with Crippen LogP contribution in [0.1, 0.15) is 21.6 Å². The van der Waals surface area contributed by atoms with Gasteiger partial charge in [0.15, 0.2) is 0 Å². The average molecular weight is 405 g/mol. The predicted octanol–water partition coefficient (Wildman–Crippen LogP) is 4.36. The van der Waals surface area contributed by atoms with E-state index < -0.39 is 16.0 Å². The summed E-state index contributed by atoms with van der Waals surface area (Å²) in [5.41, 5.74) is 2.14. The lowest BCUT2D eigenvalue weighted by Gasteiger charge is -2.13. The monoisotopic (exact) mass is 405 g/mol. The number of carboxylic acid groups (broad SMARTS) is 1. The molecule has 146 valence electrons. The summed E-state index contributed by atoms with van der Waals surface area (Å²) < 4.78 is 28.1. The highest BCUT2D eigenvalue weighted by Gasteiger charge is 2.23. The van der Waals surface area contributed by atoms with Gasteiger partial charge in [-0.3, -0.25) is 0 Å². The van der Waals surface area contributed by atoms with Crippen molar-refractivity contribution in [2.75, 3.05) is 0 Å². The molecule has 0 unspecified atom stereocenters. The van der Waals surface area contributed by atoms with Crippen LogP contribution in [0.4, 0.5) is 0 Å². The van der Waals surface area contributed by atoms with E-state index >= 15 is 0 Å². The van der Waals surface area contributed by atoms with E-state index in [1.54, 1.807) is 60.7 Å². The molecule has 0 radical (unpaired) electrons. The molecule has 3 aromatic carbocycles. The van der Waals surface area contributed by atoms with Crippen molar-refractivity contribution in [3.63, 3.8) is 0 Å². The van der Waals surface area contributed by atoms with Crippen molar-refractivity contribution in [1.29, 1.82) is 0 Å². The van der Waals surface area contributed by atoms with Crippen LogP contribution in [-0.4, -0.2) is 23.5 Å². The molecule has 6 heteroatoms. The summed E-state index contributed by atoms with van der Waals surface area (Å²) in [7, 11) is -3.78. The van der Waals surface area contributed by atoms with Crippen molar-refractivity contribution in [1.82, 2.24) is 3.97 Å². The third-order valence-corrected chi connectivity index (χ3v) is 6.70. The number of nitrogens with zero attached hydrogens (tertiary/aromatic N) is 1. The maximum absolute atomic E-state index is 13.4. The summed E-state index contributed by atoms with van der Waals surface area (Å²) in [5.74, 6) is -0.988. The van der Waals surface area contributed by atoms with Crippen LogP contribution >= 0.6 is 0 Å². The molecule has 0 aliphatic heterocycles. The van der Waals surface area contributed by atoms with Crippen LogP contribution in [0.15, 0.2) is 89.8 Å². The molecule has 0 aliphatic carbocycles. The first kappa shape index (κ1) is 19.0. The second-order valence-electron chi connectivity index (χ2n) is 6.74. The molecule has 0 spiro atoms.